The van der Waals surface area contributed by atoms with E-state index in [2.05, 4.69) is 4.72 Å². The van der Waals surface area contributed by atoms with Crippen molar-refractivity contribution in [2.24, 2.45) is 0 Å². The molecular formula is C14H11Cl2NO4S. The molecule has 0 fully saturated rings. The molecule has 0 aliphatic heterocycles. The minimum absolute atomic E-state index is 0.0487. The molecule has 0 unspecified atom stereocenters. The van der Waals surface area contributed by atoms with Crippen LogP contribution in [0.25, 0.3) is 0 Å². The van der Waals surface area contributed by atoms with Crippen LogP contribution in [0.2, 0.25) is 10.0 Å². The van der Waals surface area contributed by atoms with Crippen molar-refractivity contribution in [3.05, 3.63) is 57.6 Å². The van der Waals surface area contributed by atoms with Crippen molar-refractivity contribution in [2.45, 2.75) is 11.8 Å². The molecule has 0 atom stereocenters. The zero-order chi connectivity index (χ0) is 16.5. The van der Waals surface area contributed by atoms with Crippen LogP contribution >= 0.6 is 23.2 Å². The van der Waals surface area contributed by atoms with Crippen molar-refractivity contribution in [1.29, 1.82) is 0 Å². The van der Waals surface area contributed by atoms with Gasteiger partial charge in [-0.3, -0.25) is 4.72 Å². The lowest BCUT2D eigenvalue weighted by atomic mass is 10.2. The first-order valence-corrected chi connectivity index (χ1v) is 8.26. The Kier molecular flexibility index (Phi) is 4.65. The van der Waals surface area contributed by atoms with Crippen molar-refractivity contribution in [2.75, 3.05) is 4.72 Å². The number of hydrogen-bond acceptors (Lipinski definition) is 3. The molecule has 0 radical (unpaired) electrons. The normalized spacial score (nSPS) is 11.2. The molecule has 0 aromatic heterocycles. The van der Waals surface area contributed by atoms with Crippen LogP contribution in [0.3, 0.4) is 0 Å². The van der Waals surface area contributed by atoms with E-state index in [0.717, 1.165) is 17.7 Å². The lowest BCUT2D eigenvalue weighted by Crippen LogP contribution is -2.14. The second kappa shape index (κ2) is 6.16. The van der Waals surface area contributed by atoms with Gasteiger partial charge in [0.05, 0.1) is 26.2 Å². The van der Waals surface area contributed by atoms with Gasteiger partial charge in [0.1, 0.15) is 0 Å². The quantitative estimate of drug-likeness (QED) is 0.869. The fourth-order valence-corrected chi connectivity index (χ4v) is 3.50. The molecule has 2 rings (SSSR count). The molecule has 0 aliphatic carbocycles. The van der Waals surface area contributed by atoms with E-state index in [0.29, 0.717) is 0 Å². The molecule has 5 nitrogen and oxygen atoms in total. The molecule has 0 heterocycles. The second-order valence-electron chi connectivity index (χ2n) is 4.54. The molecule has 8 heteroatoms. The Morgan fingerprint density at radius 3 is 2.05 bits per heavy atom. The molecule has 0 saturated carbocycles. The van der Waals surface area contributed by atoms with E-state index in [1.165, 1.54) is 12.1 Å². The minimum Gasteiger partial charge on any atom is -0.478 e. The first-order chi connectivity index (χ1) is 10.2. The maximum atomic E-state index is 12.3. The van der Waals surface area contributed by atoms with Crippen LogP contribution in [0.1, 0.15) is 15.9 Å². The molecule has 22 heavy (non-hydrogen) atoms. The number of nitrogens with one attached hydrogen (secondary N) is 1. The van der Waals surface area contributed by atoms with Gasteiger partial charge in [0.2, 0.25) is 0 Å². The highest BCUT2D eigenvalue weighted by Crippen LogP contribution is 2.33. The lowest BCUT2D eigenvalue weighted by molar-refractivity contribution is 0.0697. The van der Waals surface area contributed by atoms with Crippen molar-refractivity contribution in [3.63, 3.8) is 0 Å². The standard InChI is InChI=1S/C14H11Cl2NO4S/c1-8-2-4-10(5-3-8)22(20,21)17-13-11(15)6-9(14(18)19)7-12(13)16/h2-7,17H,1H3,(H,18,19). The zero-order valence-electron chi connectivity index (χ0n) is 11.3. The average molecular weight is 360 g/mol. The zero-order valence-corrected chi connectivity index (χ0v) is 13.6. The van der Waals surface area contributed by atoms with Gasteiger partial charge in [-0.1, -0.05) is 40.9 Å². The summed E-state index contributed by atoms with van der Waals surface area (Å²) in [6, 6.07) is 8.47. The van der Waals surface area contributed by atoms with Gasteiger partial charge in [-0.05, 0) is 31.2 Å². The van der Waals surface area contributed by atoms with Gasteiger partial charge in [0.25, 0.3) is 10.0 Å². The third-order valence-corrected chi connectivity index (χ3v) is 4.82. The highest BCUT2D eigenvalue weighted by atomic mass is 35.5. The van der Waals surface area contributed by atoms with Gasteiger partial charge < -0.3 is 5.11 Å². The number of sulfonamides is 1. The maximum absolute atomic E-state index is 12.3. The van der Waals surface area contributed by atoms with E-state index in [1.807, 2.05) is 6.92 Å². The van der Waals surface area contributed by atoms with Crippen LogP contribution in [0, 0.1) is 6.92 Å². The Hall–Kier alpha value is -1.76. The molecule has 116 valence electrons. The Morgan fingerprint density at radius 2 is 1.59 bits per heavy atom. The second-order valence-corrected chi connectivity index (χ2v) is 7.04. The Bertz CT molecular complexity index is 809. The molecule has 0 spiro atoms. The van der Waals surface area contributed by atoms with Crippen molar-refractivity contribution in [3.8, 4) is 0 Å². The number of carboxylic acid groups (broad SMARTS) is 1. The summed E-state index contributed by atoms with van der Waals surface area (Å²) in [6.07, 6.45) is 0. The van der Waals surface area contributed by atoms with Crippen molar-refractivity contribution < 1.29 is 18.3 Å². The number of carbonyl (C=O) groups is 1. The number of aromatic carboxylic acids is 1. The minimum atomic E-state index is -3.87. The Labute approximate surface area is 137 Å². The van der Waals surface area contributed by atoms with E-state index >= 15 is 0 Å². The molecule has 2 N–H and O–H groups in total. The number of aryl methyl sites for hydroxylation is 1. The predicted molar refractivity (Wildman–Crippen MR) is 85.4 cm³/mol. The molecule has 2 aromatic rings. The molecular weight excluding hydrogens is 349 g/mol. The molecule has 0 saturated heterocycles. The topological polar surface area (TPSA) is 83.5 Å². The van der Waals surface area contributed by atoms with Crippen molar-refractivity contribution in [1.82, 2.24) is 0 Å². The maximum Gasteiger partial charge on any atom is 0.335 e. The first-order valence-electron chi connectivity index (χ1n) is 6.02. The molecule has 0 amide bonds. The summed E-state index contributed by atoms with van der Waals surface area (Å²) in [7, 11) is -3.87. The smallest absolute Gasteiger partial charge is 0.335 e. The number of halogens is 2. The van der Waals surface area contributed by atoms with Gasteiger partial charge in [-0.25, -0.2) is 13.2 Å². The summed E-state index contributed by atoms with van der Waals surface area (Å²) < 4.78 is 26.9. The van der Waals surface area contributed by atoms with Gasteiger partial charge in [-0.15, -0.1) is 0 Å². The fourth-order valence-electron chi connectivity index (χ4n) is 1.70. The predicted octanol–water partition coefficient (Wildman–Crippen LogP) is 3.80. The summed E-state index contributed by atoms with van der Waals surface area (Å²) >= 11 is 11.8. The summed E-state index contributed by atoms with van der Waals surface area (Å²) in [5.74, 6) is -1.21. The highest BCUT2D eigenvalue weighted by Gasteiger charge is 2.19. The van der Waals surface area contributed by atoms with Gasteiger partial charge in [0.15, 0.2) is 0 Å². The monoisotopic (exact) mass is 359 g/mol. The largest absolute Gasteiger partial charge is 0.478 e. The summed E-state index contributed by atoms with van der Waals surface area (Å²) in [4.78, 5) is 10.9. The van der Waals surface area contributed by atoms with Crippen LogP contribution < -0.4 is 4.72 Å². The summed E-state index contributed by atoms with van der Waals surface area (Å²) in [6.45, 7) is 1.84. The number of anilines is 1. The number of carboxylic acids is 1. The Balaban J connectivity index is 2.42. The third kappa shape index (κ3) is 3.52. The average Bonchev–Trinajstić information content (AvgIpc) is 2.43. The lowest BCUT2D eigenvalue weighted by Gasteiger charge is -2.12. The van der Waals surface area contributed by atoms with E-state index in [1.54, 1.807) is 12.1 Å². The van der Waals surface area contributed by atoms with Crippen LogP contribution in [-0.2, 0) is 10.0 Å². The molecule has 0 bridgehead atoms. The summed E-state index contributed by atoms with van der Waals surface area (Å²) in [5, 5.41) is 8.71. The van der Waals surface area contributed by atoms with E-state index in [-0.39, 0.29) is 26.2 Å². The van der Waals surface area contributed by atoms with Crippen LogP contribution in [0.15, 0.2) is 41.3 Å². The van der Waals surface area contributed by atoms with Crippen LogP contribution in [-0.4, -0.2) is 19.5 Å². The Morgan fingerprint density at radius 1 is 1.09 bits per heavy atom. The fraction of sp³-hybridized carbons (Fsp3) is 0.0714. The SMILES string of the molecule is Cc1ccc(S(=O)(=O)Nc2c(Cl)cc(C(=O)O)cc2Cl)cc1. The van der Waals surface area contributed by atoms with E-state index in [4.69, 9.17) is 28.3 Å². The number of rotatable bonds is 4. The third-order valence-electron chi connectivity index (χ3n) is 2.86. The van der Waals surface area contributed by atoms with Gasteiger partial charge in [0, 0.05) is 0 Å². The highest BCUT2D eigenvalue weighted by molar-refractivity contribution is 7.92. The summed E-state index contributed by atoms with van der Waals surface area (Å²) in [5.41, 5.74) is 0.725. The van der Waals surface area contributed by atoms with Crippen LogP contribution in [0.5, 0.6) is 0 Å². The van der Waals surface area contributed by atoms with Gasteiger partial charge in [-0.2, -0.15) is 0 Å². The van der Waals surface area contributed by atoms with E-state index in [9.17, 15) is 13.2 Å². The van der Waals surface area contributed by atoms with Gasteiger partial charge >= 0.3 is 5.97 Å². The van der Waals surface area contributed by atoms with Crippen molar-refractivity contribution >= 4 is 44.9 Å². The first kappa shape index (κ1) is 16.6. The van der Waals surface area contributed by atoms with E-state index < -0.39 is 16.0 Å². The molecule has 2 aromatic carbocycles. The van der Waals surface area contributed by atoms with Crippen LogP contribution in [0.4, 0.5) is 5.69 Å². The molecule has 0 aliphatic rings. The number of benzene rings is 2. The number of hydrogen-bond donors (Lipinski definition) is 2.